The Hall–Kier alpha value is -0.810. The van der Waals surface area contributed by atoms with Crippen LogP contribution in [0.25, 0.3) is 0 Å². The van der Waals surface area contributed by atoms with E-state index in [1.807, 2.05) is 0 Å². The number of aliphatic hydroxyl groups is 1. The van der Waals surface area contributed by atoms with Crippen LogP contribution in [-0.2, 0) is 9.53 Å². The molecule has 0 spiro atoms. The number of nitrogens with one attached hydrogen (secondary N) is 1. The Morgan fingerprint density at radius 1 is 1.42 bits per heavy atom. The van der Waals surface area contributed by atoms with Gasteiger partial charge < -0.3 is 15.2 Å². The number of benzene rings is 1. The van der Waals surface area contributed by atoms with Gasteiger partial charge in [0.2, 0.25) is 5.91 Å². The van der Waals surface area contributed by atoms with Gasteiger partial charge in [-0.05, 0) is 18.6 Å². The number of carbonyl (C=O) groups is 1. The Labute approximate surface area is 122 Å². The van der Waals surface area contributed by atoms with Crippen molar-refractivity contribution >= 4 is 29.1 Å². The Morgan fingerprint density at radius 2 is 2.05 bits per heavy atom. The van der Waals surface area contributed by atoms with Gasteiger partial charge >= 0.3 is 0 Å². The van der Waals surface area contributed by atoms with Crippen LogP contribution in [0, 0.1) is 0 Å². The van der Waals surface area contributed by atoms with Gasteiger partial charge in [0.25, 0.3) is 0 Å². The van der Waals surface area contributed by atoms with Crippen molar-refractivity contribution in [1.29, 1.82) is 0 Å². The van der Waals surface area contributed by atoms with Gasteiger partial charge in [0.1, 0.15) is 0 Å². The fourth-order valence-electron chi connectivity index (χ4n) is 1.61. The summed E-state index contributed by atoms with van der Waals surface area (Å²) in [4.78, 5) is 11.5. The van der Waals surface area contributed by atoms with E-state index in [9.17, 15) is 9.90 Å². The number of methoxy groups -OCH3 is 1. The van der Waals surface area contributed by atoms with Crippen LogP contribution in [0.5, 0.6) is 0 Å². The van der Waals surface area contributed by atoms with Gasteiger partial charge in [-0.25, -0.2) is 0 Å². The highest BCUT2D eigenvalue weighted by atomic mass is 35.5. The lowest BCUT2D eigenvalue weighted by molar-refractivity contribution is -0.121. The number of halogens is 2. The molecular weight excluding hydrogens is 289 g/mol. The van der Waals surface area contributed by atoms with E-state index < -0.39 is 6.10 Å². The largest absolute Gasteiger partial charge is 0.386 e. The van der Waals surface area contributed by atoms with Crippen molar-refractivity contribution in [3.05, 3.63) is 33.8 Å². The van der Waals surface area contributed by atoms with Crippen molar-refractivity contribution in [2.24, 2.45) is 0 Å². The highest BCUT2D eigenvalue weighted by Crippen LogP contribution is 2.29. The molecule has 0 radical (unpaired) electrons. The van der Waals surface area contributed by atoms with Crippen LogP contribution < -0.4 is 5.32 Å². The van der Waals surface area contributed by atoms with Crippen LogP contribution in [-0.4, -0.2) is 31.3 Å². The van der Waals surface area contributed by atoms with Crippen molar-refractivity contribution in [2.75, 3.05) is 20.3 Å². The predicted octanol–water partition coefficient (Wildman–Crippen LogP) is 2.57. The van der Waals surface area contributed by atoms with Gasteiger partial charge in [-0.15, -0.1) is 0 Å². The van der Waals surface area contributed by atoms with Crippen molar-refractivity contribution in [3.8, 4) is 0 Å². The second kappa shape index (κ2) is 8.38. The SMILES string of the molecule is COCCCC(=O)NC[C@@H](O)c1c(Cl)cccc1Cl. The number of amides is 1. The zero-order valence-electron chi connectivity index (χ0n) is 10.7. The fourth-order valence-corrected chi connectivity index (χ4v) is 2.26. The third-order valence-electron chi connectivity index (χ3n) is 2.58. The van der Waals surface area contributed by atoms with Crippen LogP contribution in [0.2, 0.25) is 10.0 Å². The topological polar surface area (TPSA) is 58.6 Å². The van der Waals surface area contributed by atoms with Gasteiger partial charge in [0.05, 0.1) is 6.10 Å². The molecular formula is C13H17Cl2NO3. The number of ether oxygens (including phenoxy) is 1. The summed E-state index contributed by atoms with van der Waals surface area (Å²) in [7, 11) is 1.58. The highest BCUT2D eigenvalue weighted by molar-refractivity contribution is 6.36. The van der Waals surface area contributed by atoms with Crippen LogP contribution in [0.1, 0.15) is 24.5 Å². The first kappa shape index (κ1) is 16.2. The van der Waals surface area contributed by atoms with Crippen molar-refractivity contribution in [1.82, 2.24) is 5.32 Å². The Kier molecular flexibility index (Phi) is 7.16. The summed E-state index contributed by atoms with van der Waals surface area (Å²) >= 11 is 11.9. The molecule has 0 saturated carbocycles. The molecule has 0 saturated heterocycles. The van der Waals surface area contributed by atoms with Gasteiger partial charge in [-0.1, -0.05) is 29.3 Å². The lowest BCUT2D eigenvalue weighted by Gasteiger charge is -2.15. The quantitative estimate of drug-likeness (QED) is 0.761. The zero-order valence-corrected chi connectivity index (χ0v) is 12.2. The molecule has 1 aromatic carbocycles. The maximum atomic E-state index is 11.5. The van der Waals surface area contributed by atoms with E-state index in [0.29, 0.717) is 35.1 Å². The molecule has 0 bridgehead atoms. The van der Waals surface area contributed by atoms with Crippen LogP contribution >= 0.6 is 23.2 Å². The summed E-state index contributed by atoms with van der Waals surface area (Å²) in [5.74, 6) is -0.140. The third-order valence-corrected chi connectivity index (χ3v) is 3.24. The Bertz CT molecular complexity index is 406. The molecule has 0 aliphatic heterocycles. The number of carbonyl (C=O) groups excluding carboxylic acids is 1. The second-order valence-electron chi connectivity index (χ2n) is 4.05. The molecule has 0 aliphatic carbocycles. The molecule has 1 rings (SSSR count). The van der Waals surface area contributed by atoms with Crippen molar-refractivity contribution in [2.45, 2.75) is 18.9 Å². The van der Waals surface area contributed by atoms with E-state index >= 15 is 0 Å². The summed E-state index contributed by atoms with van der Waals surface area (Å²) in [6.07, 6.45) is 0.0785. The van der Waals surface area contributed by atoms with Crippen LogP contribution in [0.4, 0.5) is 0 Å². The van der Waals surface area contributed by atoms with Crippen LogP contribution in [0.3, 0.4) is 0 Å². The lowest BCUT2D eigenvalue weighted by atomic mass is 10.1. The second-order valence-corrected chi connectivity index (χ2v) is 4.87. The fraction of sp³-hybridized carbons (Fsp3) is 0.462. The summed E-state index contributed by atoms with van der Waals surface area (Å²) in [6, 6.07) is 4.99. The first-order chi connectivity index (χ1) is 9.06. The molecule has 0 unspecified atom stereocenters. The molecule has 1 amide bonds. The van der Waals surface area contributed by atoms with E-state index in [2.05, 4.69) is 5.32 Å². The number of rotatable bonds is 7. The smallest absolute Gasteiger partial charge is 0.220 e. The molecule has 0 fully saturated rings. The van der Waals surface area contributed by atoms with E-state index in [1.54, 1.807) is 25.3 Å². The minimum Gasteiger partial charge on any atom is -0.386 e. The average Bonchev–Trinajstić information content (AvgIpc) is 2.36. The van der Waals surface area contributed by atoms with Crippen LogP contribution in [0.15, 0.2) is 18.2 Å². The normalized spacial score (nSPS) is 12.2. The van der Waals surface area contributed by atoms with E-state index in [-0.39, 0.29) is 12.5 Å². The number of hydrogen-bond acceptors (Lipinski definition) is 3. The predicted molar refractivity (Wildman–Crippen MR) is 75.5 cm³/mol. The van der Waals surface area contributed by atoms with Gasteiger partial charge in [-0.3, -0.25) is 4.79 Å². The summed E-state index contributed by atoms with van der Waals surface area (Å²) in [5, 5.41) is 13.4. The van der Waals surface area contributed by atoms with E-state index in [1.165, 1.54) is 0 Å². The van der Waals surface area contributed by atoms with E-state index in [4.69, 9.17) is 27.9 Å². The molecule has 1 atom stereocenters. The van der Waals surface area contributed by atoms with Gasteiger partial charge in [-0.2, -0.15) is 0 Å². The summed E-state index contributed by atoms with van der Waals surface area (Å²) in [6.45, 7) is 0.613. The maximum absolute atomic E-state index is 11.5. The highest BCUT2D eigenvalue weighted by Gasteiger charge is 2.16. The zero-order chi connectivity index (χ0) is 14.3. The minimum atomic E-state index is -0.924. The maximum Gasteiger partial charge on any atom is 0.220 e. The average molecular weight is 306 g/mol. The molecule has 106 valence electrons. The van der Waals surface area contributed by atoms with E-state index in [0.717, 1.165) is 0 Å². The molecule has 6 heteroatoms. The molecule has 1 aromatic rings. The summed E-state index contributed by atoms with van der Waals surface area (Å²) in [5.41, 5.74) is 0.433. The van der Waals surface area contributed by atoms with Gasteiger partial charge in [0.15, 0.2) is 0 Å². The molecule has 0 aliphatic rings. The van der Waals surface area contributed by atoms with Gasteiger partial charge in [0, 0.05) is 42.3 Å². The monoisotopic (exact) mass is 305 g/mol. The standard InChI is InChI=1S/C13H17Cl2NO3/c1-19-7-3-6-12(18)16-8-11(17)13-9(14)4-2-5-10(13)15/h2,4-5,11,17H,3,6-8H2,1H3,(H,16,18)/t11-/m1/s1. The molecule has 0 aromatic heterocycles. The van der Waals surface area contributed by atoms with Crippen molar-refractivity contribution < 1.29 is 14.6 Å². The first-order valence-corrected chi connectivity index (χ1v) is 6.69. The molecule has 2 N–H and O–H groups in total. The first-order valence-electron chi connectivity index (χ1n) is 5.94. The summed E-state index contributed by atoms with van der Waals surface area (Å²) < 4.78 is 4.85. The molecule has 19 heavy (non-hydrogen) atoms. The number of aliphatic hydroxyl groups excluding tert-OH is 1. The Balaban J connectivity index is 2.47. The molecule has 4 nitrogen and oxygen atoms in total. The molecule has 0 heterocycles. The minimum absolute atomic E-state index is 0.0786. The third kappa shape index (κ3) is 5.37. The Morgan fingerprint density at radius 3 is 2.63 bits per heavy atom. The lowest BCUT2D eigenvalue weighted by Crippen LogP contribution is -2.28. The number of hydrogen-bond donors (Lipinski definition) is 2. The van der Waals surface area contributed by atoms with Crippen molar-refractivity contribution in [3.63, 3.8) is 0 Å².